The fraction of sp³-hybridized carbons (Fsp3) is 0.500. The van der Waals surface area contributed by atoms with Crippen molar-refractivity contribution >= 4 is 5.69 Å². The Bertz CT molecular complexity index is 622. The van der Waals surface area contributed by atoms with Crippen LogP contribution in [0.5, 0.6) is 0 Å². The molecule has 1 aromatic carbocycles. The third kappa shape index (κ3) is 2.15. The fourth-order valence-electron chi connectivity index (χ4n) is 2.65. The SMILES string of the molecule is Cc1c(N)cc(-c2nnnn2CC2(C)CCC2)cc1F. The van der Waals surface area contributed by atoms with Gasteiger partial charge in [-0.25, -0.2) is 9.07 Å². The molecule has 6 heteroatoms. The van der Waals surface area contributed by atoms with E-state index in [0.717, 1.165) is 6.54 Å². The van der Waals surface area contributed by atoms with Crippen molar-refractivity contribution in [1.82, 2.24) is 20.2 Å². The molecule has 0 unspecified atom stereocenters. The summed E-state index contributed by atoms with van der Waals surface area (Å²) in [5.41, 5.74) is 7.57. The second-order valence-corrected chi connectivity index (χ2v) is 6.00. The van der Waals surface area contributed by atoms with Crippen molar-refractivity contribution in [2.24, 2.45) is 5.41 Å². The summed E-state index contributed by atoms with van der Waals surface area (Å²) in [6.45, 7) is 4.64. The normalized spacial score (nSPS) is 16.9. The summed E-state index contributed by atoms with van der Waals surface area (Å²) in [7, 11) is 0. The van der Waals surface area contributed by atoms with Crippen LogP contribution < -0.4 is 5.73 Å². The third-order valence-electron chi connectivity index (χ3n) is 4.27. The average molecular weight is 275 g/mol. The van der Waals surface area contributed by atoms with Gasteiger partial charge in [-0.1, -0.05) is 13.3 Å². The molecule has 0 atom stereocenters. The zero-order valence-corrected chi connectivity index (χ0v) is 11.7. The van der Waals surface area contributed by atoms with E-state index in [-0.39, 0.29) is 11.2 Å². The molecule has 0 saturated heterocycles. The van der Waals surface area contributed by atoms with Gasteiger partial charge in [0.2, 0.25) is 0 Å². The zero-order valence-electron chi connectivity index (χ0n) is 11.7. The summed E-state index contributed by atoms with van der Waals surface area (Å²) >= 11 is 0. The first-order chi connectivity index (χ1) is 9.48. The summed E-state index contributed by atoms with van der Waals surface area (Å²) in [4.78, 5) is 0. The molecule has 3 rings (SSSR count). The molecule has 20 heavy (non-hydrogen) atoms. The van der Waals surface area contributed by atoms with E-state index < -0.39 is 0 Å². The van der Waals surface area contributed by atoms with Gasteiger partial charge in [0.15, 0.2) is 5.82 Å². The number of nitrogens with two attached hydrogens (primary N) is 1. The molecule has 1 aliphatic carbocycles. The summed E-state index contributed by atoms with van der Waals surface area (Å²) in [6, 6.07) is 3.17. The number of benzene rings is 1. The van der Waals surface area contributed by atoms with Gasteiger partial charge in [-0.05, 0) is 47.7 Å². The first kappa shape index (κ1) is 13.0. The second kappa shape index (κ2) is 4.54. The number of halogens is 1. The molecule has 5 nitrogen and oxygen atoms in total. The van der Waals surface area contributed by atoms with Gasteiger partial charge in [-0.15, -0.1) is 5.10 Å². The van der Waals surface area contributed by atoms with Gasteiger partial charge in [0, 0.05) is 16.8 Å². The molecule has 0 aliphatic heterocycles. The molecule has 1 aromatic heterocycles. The van der Waals surface area contributed by atoms with Gasteiger partial charge in [-0.3, -0.25) is 0 Å². The summed E-state index contributed by atoms with van der Waals surface area (Å²) in [6.07, 6.45) is 3.60. The predicted octanol–water partition coefficient (Wildman–Crippen LogP) is 2.56. The van der Waals surface area contributed by atoms with E-state index >= 15 is 0 Å². The summed E-state index contributed by atoms with van der Waals surface area (Å²) in [5, 5.41) is 11.8. The number of hydrogen-bond donors (Lipinski definition) is 1. The van der Waals surface area contributed by atoms with E-state index in [1.807, 2.05) is 0 Å². The first-order valence-electron chi connectivity index (χ1n) is 6.81. The standard InChI is InChI=1S/C14H18FN5/c1-9-11(15)6-10(7-12(9)16)13-17-18-19-20(13)8-14(2)4-3-5-14/h6-7H,3-5,8,16H2,1-2H3. The molecule has 1 heterocycles. The average Bonchev–Trinajstić information content (AvgIpc) is 2.81. The van der Waals surface area contributed by atoms with E-state index in [0.29, 0.717) is 22.6 Å². The molecule has 2 N–H and O–H groups in total. The van der Waals surface area contributed by atoms with Crippen LogP contribution in [-0.2, 0) is 6.54 Å². The van der Waals surface area contributed by atoms with Crippen molar-refractivity contribution in [3.63, 3.8) is 0 Å². The quantitative estimate of drug-likeness (QED) is 0.874. The molecule has 1 aliphatic rings. The Balaban J connectivity index is 1.97. The first-order valence-corrected chi connectivity index (χ1v) is 6.81. The van der Waals surface area contributed by atoms with Crippen LogP contribution >= 0.6 is 0 Å². The van der Waals surface area contributed by atoms with Crippen molar-refractivity contribution in [2.75, 3.05) is 5.73 Å². The lowest BCUT2D eigenvalue weighted by molar-refractivity contribution is 0.126. The maximum Gasteiger partial charge on any atom is 0.182 e. The molecule has 106 valence electrons. The Kier molecular flexibility index (Phi) is 2.96. The van der Waals surface area contributed by atoms with Crippen LogP contribution in [0.4, 0.5) is 10.1 Å². The number of hydrogen-bond acceptors (Lipinski definition) is 4. The van der Waals surface area contributed by atoms with Crippen LogP contribution in [0, 0.1) is 18.2 Å². The molecule has 0 radical (unpaired) electrons. The van der Waals surface area contributed by atoms with Crippen LogP contribution in [0.3, 0.4) is 0 Å². The monoisotopic (exact) mass is 275 g/mol. The zero-order chi connectivity index (χ0) is 14.3. The minimum Gasteiger partial charge on any atom is -0.398 e. The van der Waals surface area contributed by atoms with Crippen LogP contribution in [0.2, 0.25) is 0 Å². The van der Waals surface area contributed by atoms with Crippen molar-refractivity contribution in [2.45, 2.75) is 39.7 Å². The second-order valence-electron chi connectivity index (χ2n) is 6.00. The van der Waals surface area contributed by atoms with E-state index in [4.69, 9.17) is 5.73 Å². The maximum absolute atomic E-state index is 13.8. The molecular formula is C14H18FN5. The minimum atomic E-state index is -0.329. The topological polar surface area (TPSA) is 69.6 Å². The van der Waals surface area contributed by atoms with Crippen molar-refractivity contribution in [3.05, 3.63) is 23.5 Å². The highest BCUT2D eigenvalue weighted by Gasteiger charge is 2.33. The molecule has 0 bridgehead atoms. The number of anilines is 1. The van der Waals surface area contributed by atoms with Gasteiger partial charge < -0.3 is 5.73 Å². The lowest BCUT2D eigenvalue weighted by Crippen LogP contribution is -2.31. The highest BCUT2D eigenvalue weighted by molar-refractivity contribution is 5.63. The van der Waals surface area contributed by atoms with Crippen LogP contribution in [0.15, 0.2) is 12.1 Å². The summed E-state index contributed by atoms with van der Waals surface area (Å²) in [5.74, 6) is 0.244. The van der Waals surface area contributed by atoms with E-state index in [2.05, 4.69) is 22.4 Å². The molecule has 1 fully saturated rings. The van der Waals surface area contributed by atoms with Gasteiger partial charge in [0.1, 0.15) is 5.82 Å². The van der Waals surface area contributed by atoms with Gasteiger partial charge >= 0.3 is 0 Å². The van der Waals surface area contributed by atoms with E-state index in [9.17, 15) is 4.39 Å². The molecule has 1 saturated carbocycles. The van der Waals surface area contributed by atoms with E-state index in [1.165, 1.54) is 25.3 Å². The lowest BCUT2D eigenvalue weighted by Gasteiger charge is -2.38. The number of nitrogen functional groups attached to an aromatic ring is 1. The highest BCUT2D eigenvalue weighted by Crippen LogP contribution is 2.42. The molecule has 0 amide bonds. The fourth-order valence-corrected chi connectivity index (χ4v) is 2.65. The maximum atomic E-state index is 13.8. The van der Waals surface area contributed by atoms with Crippen LogP contribution in [0.1, 0.15) is 31.7 Å². The molecule has 0 spiro atoms. The highest BCUT2D eigenvalue weighted by atomic mass is 19.1. The van der Waals surface area contributed by atoms with Gasteiger partial charge in [0.25, 0.3) is 0 Å². The van der Waals surface area contributed by atoms with Crippen LogP contribution in [0.25, 0.3) is 11.4 Å². The Morgan fingerprint density at radius 1 is 1.40 bits per heavy atom. The van der Waals surface area contributed by atoms with E-state index in [1.54, 1.807) is 17.7 Å². The third-order valence-corrected chi connectivity index (χ3v) is 4.27. The van der Waals surface area contributed by atoms with Crippen molar-refractivity contribution in [1.29, 1.82) is 0 Å². The number of tetrazole rings is 1. The van der Waals surface area contributed by atoms with Crippen LogP contribution in [-0.4, -0.2) is 20.2 Å². The lowest BCUT2D eigenvalue weighted by atomic mass is 9.70. The summed E-state index contributed by atoms with van der Waals surface area (Å²) < 4.78 is 15.6. The smallest absolute Gasteiger partial charge is 0.182 e. The molecule has 2 aromatic rings. The largest absolute Gasteiger partial charge is 0.398 e. The predicted molar refractivity (Wildman–Crippen MR) is 74.3 cm³/mol. The number of aromatic nitrogens is 4. The van der Waals surface area contributed by atoms with Gasteiger partial charge in [-0.2, -0.15) is 0 Å². The Hall–Kier alpha value is -1.98. The molecular weight excluding hydrogens is 257 g/mol. The Morgan fingerprint density at radius 3 is 2.75 bits per heavy atom. The Morgan fingerprint density at radius 2 is 2.15 bits per heavy atom. The Labute approximate surface area is 117 Å². The van der Waals surface area contributed by atoms with Crippen molar-refractivity contribution in [3.8, 4) is 11.4 Å². The minimum absolute atomic E-state index is 0.249. The van der Waals surface area contributed by atoms with Crippen molar-refractivity contribution < 1.29 is 4.39 Å². The number of rotatable bonds is 3. The van der Waals surface area contributed by atoms with Gasteiger partial charge in [0.05, 0.1) is 6.54 Å². The number of nitrogens with zero attached hydrogens (tertiary/aromatic N) is 4.